The monoisotopic (exact) mass is 281 g/mol. The van der Waals surface area contributed by atoms with E-state index in [1.54, 1.807) is 11.7 Å². The maximum absolute atomic E-state index is 11.4. The van der Waals surface area contributed by atoms with Crippen molar-refractivity contribution < 1.29 is 14.6 Å². The second-order valence-corrected chi connectivity index (χ2v) is 4.68. The number of carboxylic acid groups (broad SMARTS) is 1. The van der Waals surface area contributed by atoms with Gasteiger partial charge in [0.05, 0.1) is 12.1 Å². The Morgan fingerprint density at radius 1 is 1.47 bits per heavy atom. The lowest BCUT2D eigenvalue weighted by Gasteiger charge is -2.06. The summed E-state index contributed by atoms with van der Waals surface area (Å²) < 4.78 is 6.82. The van der Waals surface area contributed by atoms with Crippen molar-refractivity contribution >= 4 is 28.5 Å². The second kappa shape index (κ2) is 5.63. The minimum atomic E-state index is -1.00. The van der Waals surface area contributed by atoms with Crippen molar-refractivity contribution in [2.75, 3.05) is 13.7 Å². The molecule has 0 atom stereocenters. The fraction of sp³-hybridized carbons (Fsp3) is 0.357. The van der Waals surface area contributed by atoms with Gasteiger partial charge in [-0.05, 0) is 24.1 Å². The van der Waals surface area contributed by atoms with Gasteiger partial charge in [-0.1, -0.05) is 24.6 Å². The van der Waals surface area contributed by atoms with Crippen molar-refractivity contribution in [2.24, 2.45) is 0 Å². The lowest BCUT2D eigenvalue weighted by atomic mass is 10.1. The summed E-state index contributed by atoms with van der Waals surface area (Å²) in [5, 5.41) is 10.3. The molecule has 1 heterocycles. The van der Waals surface area contributed by atoms with Crippen molar-refractivity contribution in [1.82, 2.24) is 4.57 Å². The van der Waals surface area contributed by atoms with E-state index < -0.39 is 5.97 Å². The first-order valence-electron chi connectivity index (χ1n) is 6.13. The minimum Gasteiger partial charge on any atom is -0.478 e. The maximum Gasteiger partial charge on any atom is 0.339 e. The summed E-state index contributed by atoms with van der Waals surface area (Å²) in [7, 11) is 1.60. The molecule has 0 spiro atoms. The van der Waals surface area contributed by atoms with Gasteiger partial charge in [-0.25, -0.2) is 4.79 Å². The van der Waals surface area contributed by atoms with Gasteiger partial charge in [0.2, 0.25) is 0 Å². The summed E-state index contributed by atoms with van der Waals surface area (Å²) in [6.07, 6.45) is 0.857. The number of carbonyl (C=O) groups is 1. The highest BCUT2D eigenvalue weighted by atomic mass is 35.5. The van der Waals surface area contributed by atoms with Gasteiger partial charge in [0.25, 0.3) is 0 Å². The van der Waals surface area contributed by atoms with Crippen LogP contribution in [0.5, 0.6) is 0 Å². The van der Waals surface area contributed by atoms with Gasteiger partial charge in [0, 0.05) is 19.0 Å². The van der Waals surface area contributed by atoms with Crippen molar-refractivity contribution in [3.05, 3.63) is 34.5 Å². The number of nitrogens with zero attached hydrogens (tertiary/aromatic N) is 1. The number of aromatic carboxylic acids is 1. The maximum atomic E-state index is 11.4. The van der Waals surface area contributed by atoms with Gasteiger partial charge in [-0.15, -0.1) is 0 Å². The Hall–Kier alpha value is -1.52. The number of rotatable bonds is 5. The van der Waals surface area contributed by atoms with Crippen molar-refractivity contribution in [3.63, 3.8) is 0 Å². The second-order valence-electron chi connectivity index (χ2n) is 4.32. The Morgan fingerprint density at radius 2 is 2.21 bits per heavy atom. The topological polar surface area (TPSA) is 51.5 Å². The molecule has 2 aromatic rings. The van der Waals surface area contributed by atoms with Crippen LogP contribution in [-0.2, 0) is 17.7 Å². The summed E-state index contributed by atoms with van der Waals surface area (Å²) in [5.74, 6) is -1.00. The molecule has 0 bridgehead atoms. The van der Waals surface area contributed by atoms with Crippen molar-refractivity contribution in [3.8, 4) is 0 Å². The van der Waals surface area contributed by atoms with Crippen molar-refractivity contribution in [2.45, 2.75) is 19.9 Å². The molecule has 5 heteroatoms. The van der Waals surface area contributed by atoms with E-state index in [0.29, 0.717) is 18.5 Å². The van der Waals surface area contributed by atoms with E-state index in [0.717, 1.165) is 17.5 Å². The molecule has 0 aliphatic rings. The fourth-order valence-electron chi connectivity index (χ4n) is 2.20. The summed E-state index contributed by atoms with van der Waals surface area (Å²) in [6, 6.07) is 5.81. The van der Waals surface area contributed by atoms with Gasteiger partial charge < -0.3 is 14.4 Å². The van der Waals surface area contributed by atoms with Gasteiger partial charge in [0.15, 0.2) is 0 Å². The van der Waals surface area contributed by atoms with Crippen LogP contribution < -0.4 is 0 Å². The number of carboxylic acids is 1. The fourth-order valence-corrected chi connectivity index (χ4v) is 2.55. The molecule has 0 radical (unpaired) electrons. The molecular formula is C14H16ClNO3. The van der Waals surface area contributed by atoms with Crippen LogP contribution in [0.1, 0.15) is 22.8 Å². The third-order valence-corrected chi connectivity index (χ3v) is 3.60. The van der Waals surface area contributed by atoms with Gasteiger partial charge in [-0.2, -0.15) is 0 Å². The third kappa shape index (κ3) is 2.46. The molecule has 4 nitrogen and oxygen atoms in total. The van der Waals surface area contributed by atoms with Crippen LogP contribution in [0, 0.1) is 0 Å². The van der Waals surface area contributed by atoms with Gasteiger partial charge >= 0.3 is 5.97 Å². The smallest absolute Gasteiger partial charge is 0.339 e. The standard InChI is InChI=1S/C14H16ClNO3/c1-3-9-4-5-11-10(8-9)12(14(17)18)13(15)16(11)6-7-19-2/h4-5,8H,3,6-7H2,1-2H3,(H,17,18). The first-order chi connectivity index (χ1) is 9.10. The van der Waals surface area contributed by atoms with Crippen LogP contribution in [0.2, 0.25) is 5.15 Å². The quantitative estimate of drug-likeness (QED) is 0.916. The van der Waals surface area contributed by atoms with Crippen LogP contribution >= 0.6 is 11.6 Å². The summed E-state index contributed by atoms with van der Waals surface area (Å²) in [6.45, 7) is 3.05. The summed E-state index contributed by atoms with van der Waals surface area (Å²) in [4.78, 5) is 11.4. The zero-order chi connectivity index (χ0) is 14.0. The van der Waals surface area contributed by atoms with Crippen LogP contribution in [0.25, 0.3) is 10.9 Å². The highest BCUT2D eigenvalue weighted by molar-refractivity contribution is 6.35. The lowest BCUT2D eigenvalue weighted by molar-refractivity contribution is 0.0699. The predicted molar refractivity (Wildman–Crippen MR) is 75.2 cm³/mol. The van der Waals surface area contributed by atoms with Crippen LogP contribution in [-0.4, -0.2) is 29.4 Å². The van der Waals surface area contributed by atoms with E-state index in [1.165, 1.54) is 0 Å². The van der Waals surface area contributed by atoms with E-state index in [-0.39, 0.29) is 10.7 Å². The first kappa shape index (κ1) is 13.9. The molecule has 19 heavy (non-hydrogen) atoms. The Labute approximate surface area is 116 Å². The van der Waals surface area contributed by atoms with E-state index in [9.17, 15) is 9.90 Å². The predicted octanol–water partition coefficient (Wildman–Crippen LogP) is 3.20. The SMILES string of the molecule is CCc1ccc2c(c1)c(C(=O)O)c(Cl)n2CCOC. The molecule has 1 aromatic heterocycles. The van der Waals surface area contributed by atoms with E-state index in [4.69, 9.17) is 16.3 Å². The number of aromatic nitrogens is 1. The number of aryl methyl sites for hydroxylation is 1. The summed E-state index contributed by atoms with van der Waals surface area (Å²) in [5.41, 5.74) is 2.09. The van der Waals surface area contributed by atoms with E-state index >= 15 is 0 Å². The Morgan fingerprint density at radius 3 is 2.79 bits per heavy atom. The molecule has 0 amide bonds. The van der Waals surface area contributed by atoms with Crippen LogP contribution in [0.4, 0.5) is 0 Å². The Kier molecular flexibility index (Phi) is 4.12. The molecule has 102 valence electrons. The molecule has 1 aromatic carbocycles. The number of fused-ring (bicyclic) bond motifs is 1. The van der Waals surface area contributed by atoms with Gasteiger partial charge in [0.1, 0.15) is 10.7 Å². The number of methoxy groups -OCH3 is 1. The number of hydrogen-bond acceptors (Lipinski definition) is 2. The molecule has 1 N–H and O–H groups in total. The largest absolute Gasteiger partial charge is 0.478 e. The van der Waals surface area contributed by atoms with Crippen LogP contribution in [0.3, 0.4) is 0 Å². The molecule has 0 aliphatic carbocycles. The zero-order valence-corrected chi connectivity index (χ0v) is 11.7. The highest BCUT2D eigenvalue weighted by Gasteiger charge is 2.20. The first-order valence-corrected chi connectivity index (χ1v) is 6.50. The highest BCUT2D eigenvalue weighted by Crippen LogP contribution is 2.31. The number of hydrogen-bond donors (Lipinski definition) is 1. The third-order valence-electron chi connectivity index (χ3n) is 3.21. The van der Waals surface area contributed by atoms with Gasteiger partial charge in [-0.3, -0.25) is 0 Å². The minimum absolute atomic E-state index is 0.170. The Bertz CT molecular complexity index is 619. The molecule has 0 saturated heterocycles. The Balaban J connectivity index is 2.68. The molecular weight excluding hydrogens is 266 g/mol. The number of benzene rings is 1. The average Bonchev–Trinajstić information content (AvgIpc) is 2.67. The van der Waals surface area contributed by atoms with Crippen LogP contribution in [0.15, 0.2) is 18.2 Å². The molecule has 2 rings (SSSR count). The van der Waals surface area contributed by atoms with Crippen molar-refractivity contribution in [1.29, 1.82) is 0 Å². The lowest BCUT2D eigenvalue weighted by Crippen LogP contribution is -2.05. The zero-order valence-electron chi connectivity index (χ0n) is 10.9. The number of halogens is 1. The molecule has 0 unspecified atom stereocenters. The molecule has 0 saturated carbocycles. The van der Waals surface area contributed by atoms with E-state index in [1.807, 2.05) is 25.1 Å². The van der Waals surface area contributed by atoms with E-state index in [2.05, 4.69) is 0 Å². The summed E-state index contributed by atoms with van der Waals surface area (Å²) >= 11 is 6.21. The average molecular weight is 282 g/mol. The molecule has 0 fully saturated rings. The molecule has 0 aliphatic heterocycles. The normalized spacial score (nSPS) is 11.1. The number of ether oxygens (including phenoxy) is 1.